The zero-order valence-corrected chi connectivity index (χ0v) is 13.9. The summed E-state index contributed by atoms with van der Waals surface area (Å²) in [6.07, 6.45) is 16.3. The normalized spacial score (nSPS) is 31.9. The summed E-state index contributed by atoms with van der Waals surface area (Å²) in [5, 5.41) is 0. The summed E-state index contributed by atoms with van der Waals surface area (Å²) < 4.78 is 6.51. The average molecular weight is 294 g/mol. The molecule has 0 amide bonds. The van der Waals surface area contributed by atoms with Crippen molar-refractivity contribution in [3.05, 3.63) is 0 Å². The number of hydrogen-bond donors (Lipinski definition) is 1. The van der Waals surface area contributed by atoms with Gasteiger partial charge in [0.05, 0.1) is 11.7 Å². The van der Waals surface area contributed by atoms with Gasteiger partial charge in [-0.05, 0) is 45.6 Å². The van der Waals surface area contributed by atoms with Crippen LogP contribution in [0, 0.1) is 0 Å². The van der Waals surface area contributed by atoms with Crippen molar-refractivity contribution in [2.24, 2.45) is 5.73 Å². The molecule has 3 nitrogen and oxygen atoms in total. The maximum atomic E-state index is 6.51. The summed E-state index contributed by atoms with van der Waals surface area (Å²) in [6.45, 7) is 1.89. The first kappa shape index (κ1) is 15.8. The molecule has 1 saturated heterocycles. The van der Waals surface area contributed by atoms with Crippen LogP contribution in [0.1, 0.15) is 77.0 Å². The van der Waals surface area contributed by atoms with Crippen molar-refractivity contribution in [1.29, 1.82) is 0 Å². The van der Waals surface area contributed by atoms with E-state index in [2.05, 4.69) is 11.9 Å². The molecule has 1 spiro atoms. The third kappa shape index (κ3) is 3.30. The van der Waals surface area contributed by atoms with Crippen LogP contribution in [0.4, 0.5) is 0 Å². The Balaban J connectivity index is 1.58. The lowest BCUT2D eigenvalue weighted by molar-refractivity contribution is -0.0570. The van der Waals surface area contributed by atoms with Crippen LogP contribution in [0.5, 0.6) is 0 Å². The molecule has 0 radical (unpaired) electrons. The highest BCUT2D eigenvalue weighted by atomic mass is 16.5. The van der Waals surface area contributed by atoms with Gasteiger partial charge in [-0.2, -0.15) is 0 Å². The number of ether oxygens (including phenoxy) is 1. The van der Waals surface area contributed by atoms with Gasteiger partial charge in [0.1, 0.15) is 0 Å². The Labute approximate surface area is 130 Å². The van der Waals surface area contributed by atoms with Crippen molar-refractivity contribution >= 4 is 0 Å². The topological polar surface area (TPSA) is 38.5 Å². The molecule has 122 valence electrons. The number of rotatable bonds is 4. The van der Waals surface area contributed by atoms with E-state index in [1.54, 1.807) is 0 Å². The van der Waals surface area contributed by atoms with Gasteiger partial charge in [-0.15, -0.1) is 0 Å². The number of likely N-dealkylation sites (N-methyl/N-ethyl adjacent to an activating group) is 1. The van der Waals surface area contributed by atoms with Gasteiger partial charge >= 0.3 is 0 Å². The molecule has 2 aliphatic carbocycles. The maximum absolute atomic E-state index is 6.51. The highest BCUT2D eigenvalue weighted by Gasteiger charge is 2.43. The summed E-state index contributed by atoms with van der Waals surface area (Å²) in [6, 6.07) is 0. The second-order valence-corrected chi connectivity index (χ2v) is 7.89. The predicted molar refractivity (Wildman–Crippen MR) is 87.4 cm³/mol. The molecule has 2 saturated carbocycles. The van der Waals surface area contributed by atoms with E-state index >= 15 is 0 Å². The van der Waals surface area contributed by atoms with E-state index in [0.717, 1.165) is 13.1 Å². The molecule has 21 heavy (non-hydrogen) atoms. The van der Waals surface area contributed by atoms with Crippen molar-refractivity contribution in [3.63, 3.8) is 0 Å². The van der Waals surface area contributed by atoms with Crippen molar-refractivity contribution in [1.82, 2.24) is 4.90 Å². The first-order chi connectivity index (χ1) is 10.2. The Morgan fingerprint density at radius 2 is 1.57 bits per heavy atom. The van der Waals surface area contributed by atoms with Gasteiger partial charge in [0.25, 0.3) is 0 Å². The van der Waals surface area contributed by atoms with E-state index in [1.165, 1.54) is 77.0 Å². The van der Waals surface area contributed by atoms with Crippen molar-refractivity contribution < 1.29 is 4.74 Å². The average Bonchev–Trinajstić information content (AvgIpc) is 3.03. The van der Waals surface area contributed by atoms with Crippen molar-refractivity contribution in [2.75, 3.05) is 20.1 Å². The second kappa shape index (κ2) is 6.55. The standard InChI is InChI=1S/C18H34N2O/c1-20(17(15-19)9-4-2-3-5-10-17)14-16-8-13-18(21-16)11-6-7-12-18/h16H,2-15,19H2,1H3. The van der Waals surface area contributed by atoms with Crippen LogP contribution < -0.4 is 5.73 Å². The van der Waals surface area contributed by atoms with Crippen molar-refractivity contribution in [3.8, 4) is 0 Å². The lowest BCUT2D eigenvalue weighted by atomic mass is 9.88. The Morgan fingerprint density at radius 1 is 0.952 bits per heavy atom. The zero-order valence-electron chi connectivity index (χ0n) is 13.9. The smallest absolute Gasteiger partial charge is 0.0710 e. The minimum Gasteiger partial charge on any atom is -0.370 e. The molecule has 3 fully saturated rings. The van der Waals surface area contributed by atoms with Crippen LogP contribution >= 0.6 is 0 Å². The third-order valence-corrected chi connectivity index (χ3v) is 6.55. The quantitative estimate of drug-likeness (QED) is 0.807. The summed E-state index contributed by atoms with van der Waals surface area (Å²) in [4.78, 5) is 2.57. The van der Waals surface area contributed by atoms with E-state index in [9.17, 15) is 0 Å². The van der Waals surface area contributed by atoms with Gasteiger partial charge in [-0.1, -0.05) is 38.5 Å². The lowest BCUT2D eigenvalue weighted by Crippen LogP contribution is -2.54. The van der Waals surface area contributed by atoms with Gasteiger partial charge in [-0.3, -0.25) is 4.90 Å². The maximum Gasteiger partial charge on any atom is 0.0710 e. The molecule has 1 atom stereocenters. The lowest BCUT2D eigenvalue weighted by Gasteiger charge is -2.42. The van der Waals surface area contributed by atoms with Gasteiger partial charge in [0, 0.05) is 18.6 Å². The van der Waals surface area contributed by atoms with Gasteiger partial charge < -0.3 is 10.5 Å². The minimum absolute atomic E-state index is 0.241. The highest BCUT2D eigenvalue weighted by molar-refractivity contribution is 4.96. The Kier molecular flexibility index (Phi) is 4.92. The van der Waals surface area contributed by atoms with Gasteiger partial charge in [-0.25, -0.2) is 0 Å². The number of nitrogens with zero attached hydrogens (tertiary/aromatic N) is 1. The largest absolute Gasteiger partial charge is 0.370 e. The van der Waals surface area contributed by atoms with E-state index in [0.29, 0.717) is 6.10 Å². The Bertz CT molecular complexity index is 330. The first-order valence-electron chi connectivity index (χ1n) is 9.27. The summed E-state index contributed by atoms with van der Waals surface area (Å²) in [5.74, 6) is 0. The molecule has 3 heteroatoms. The molecule has 2 N–H and O–H groups in total. The van der Waals surface area contributed by atoms with E-state index in [4.69, 9.17) is 10.5 Å². The fourth-order valence-electron chi connectivity index (χ4n) is 5.04. The fraction of sp³-hybridized carbons (Fsp3) is 1.00. The van der Waals surface area contributed by atoms with Crippen LogP contribution in [0.2, 0.25) is 0 Å². The fourth-order valence-corrected chi connectivity index (χ4v) is 5.04. The van der Waals surface area contributed by atoms with Crippen LogP contribution in [-0.4, -0.2) is 42.3 Å². The summed E-state index contributed by atoms with van der Waals surface area (Å²) in [5.41, 5.74) is 6.73. The van der Waals surface area contributed by atoms with Crippen LogP contribution in [-0.2, 0) is 4.74 Å². The highest BCUT2D eigenvalue weighted by Crippen LogP contribution is 2.44. The molecule has 0 aromatic rings. The molecule has 0 aromatic heterocycles. The molecular formula is C18H34N2O. The monoisotopic (exact) mass is 294 g/mol. The predicted octanol–water partition coefficient (Wildman–Crippen LogP) is 3.46. The zero-order chi connectivity index (χ0) is 14.8. The van der Waals surface area contributed by atoms with Crippen LogP contribution in [0.25, 0.3) is 0 Å². The van der Waals surface area contributed by atoms with Crippen LogP contribution in [0.15, 0.2) is 0 Å². The minimum atomic E-state index is 0.241. The Morgan fingerprint density at radius 3 is 2.19 bits per heavy atom. The van der Waals surface area contributed by atoms with Gasteiger partial charge in [0.15, 0.2) is 0 Å². The molecule has 3 aliphatic rings. The SMILES string of the molecule is CN(CC1CCC2(CCCC2)O1)C1(CN)CCCCCC1. The molecule has 0 bridgehead atoms. The molecule has 3 rings (SSSR count). The van der Waals surface area contributed by atoms with Crippen molar-refractivity contribution in [2.45, 2.75) is 94.3 Å². The number of nitrogens with two attached hydrogens (primary N) is 1. The summed E-state index contributed by atoms with van der Waals surface area (Å²) >= 11 is 0. The molecule has 1 heterocycles. The molecule has 0 aromatic carbocycles. The van der Waals surface area contributed by atoms with E-state index in [-0.39, 0.29) is 11.1 Å². The number of hydrogen-bond acceptors (Lipinski definition) is 3. The van der Waals surface area contributed by atoms with E-state index < -0.39 is 0 Å². The van der Waals surface area contributed by atoms with Gasteiger partial charge in [0.2, 0.25) is 0 Å². The second-order valence-electron chi connectivity index (χ2n) is 7.89. The Hall–Kier alpha value is -0.120. The van der Waals surface area contributed by atoms with E-state index in [1.807, 2.05) is 0 Å². The molecule has 1 unspecified atom stereocenters. The molecule has 1 aliphatic heterocycles. The van der Waals surface area contributed by atoms with Crippen LogP contribution in [0.3, 0.4) is 0 Å². The first-order valence-corrected chi connectivity index (χ1v) is 9.27. The third-order valence-electron chi connectivity index (χ3n) is 6.55. The molecular weight excluding hydrogens is 260 g/mol. The summed E-state index contributed by atoms with van der Waals surface area (Å²) in [7, 11) is 2.29.